The molecule has 0 aliphatic carbocycles. The maximum atomic E-state index is 12.9. The van der Waals surface area contributed by atoms with Crippen LogP contribution in [0.15, 0.2) is 24.3 Å². The molecule has 3 heterocycles. The number of hydrogen-bond acceptors (Lipinski definition) is 5. The molecule has 1 spiro atoms. The van der Waals surface area contributed by atoms with Crippen molar-refractivity contribution in [3.05, 3.63) is 35.4 Å². The molecule has 7 nitrogen and oxygen atoms in total. The number of fused-ring (bicyclic) bond motifs is 2. The molecule has 1 aromatic carbocycles. The summed E-state index contributed by atoms with van der Waals surface area (Å²) in [6, 6.07) is 9.12. The molecule has 3 aliphatic rings. The van der Waals surface area contributed by atoms with E-state index in [4.69, 9.17) is 9.47 Å². The predicted octanol–water partition coefficient (Wildman–Crippen LogP) is 4.39. The van der Waals surface area contributed by atoms with E-state index in [0.717, 1.165) is 51.9 Å². The third kappa shape index (κ3) is 5.29. The molecule has 0 bridgehead atoms. The van der Waals surface area contributed by atoms with Crippen molar-refractivity contribution in [1.29, 1.82) is 0 Å². The molecule has 0 aromatic heterocycles. The van der Waals surface area contributed by atoms with Gasteiger partial charge in [-0.05, 0) is 77.6 Å². The van der Waals surface area contributed by atoms with Crippen LogP contribution in [0.1, 0.15) is 64.5 Å². The maximum Gasteiger partial charge on any atom is 0.410 e. The van der Waals surface area contributed by atoms with Crippen molar-refractivity contribution in [3.8, 4) is 0 Å². The molecular weight excluding hydrogens is 418 g/mol. The van der Waals surface area contributed by atoms with Crippen molar-refractivity contribution < 1.29 is 19.1 Å². The highest BCUT2D eigenvalue weighted by atomic mass is 16.6. The minimum atomic E-state index is -0.497. The van der Waals surface area contributed by atoms with Gasteiger partial charge in [0.15, 0.2) is 0 Å². The minimum absolute atomic E-state index is 0.0200. The van der Waals surface area contributed by atoms with Gasteiger partial charge in [0, 0.05) is 37.6 Å². The van der Waals surface area contributed by atoms with Crippen LogP contribution in [0, 0.1) is 0 Å². The molecule has 2 fully saturated rings. The van der Waals surface area contributed by atoms with Crippen molar-refractivity contribution in [3.63, 3.8) is 0 Å². The van der Waals surface area contributed by atoms with Crippen molar-refractivity contribution >= 4 is 12.2 Å². The van der Waals surface area contributed by atoms with Gasteiger partial charge in [0.2, 0.25) is 0 Å². The number of carbonyl (C=O) groups excluding carboxylic acids is 2. The molecule has 0 atom stereocenters. The Morgan fingerprint density at radius 3 is 2.30 bits per heavy atom. The Labute approximate surface area is 198 Å². The third-order valence-corrected chi connectivity index (χ3v) is 7.36. The summed E-state index contributed by atoms with van der Waals surface area (Å²) in [5.74, 6) is 0. The number of piperidine rings is 2. The molecule has 2 saturated heterocycles. The van der Waals surface area contributed by atoms with E-state index < -0.39 is 5.60 Å². The third-order valence-electron chi connectivity index (χ3n) is 7.36. The summed E-state index contributed by atoms with van der Waals surface area (Å²) >= 11 is 0. The second-order valence-corrected chi connectivity index (χ2v) is 10.7. The van der Waals surface area contributed by atoms with Gasteiger partial charge < -0.3 is 24.2 Å². The Balaban J connectivity index is 1.42. The molecule has 0 saturated carbocycles. The summed E-state index contributed by atoms with van der Waals surface area (Å²) in [5.41, 5.74) is 2.13. The zero-order valence-corrected chi connectivity index (χ0v) is 20.6. The molecular formula is C26H39N3O4. The van der Waals surface area contributed by atoms with Crippen LogP contribution in [-0.2, 0) is 21.4 Å². The summed E-state index contributed by atoms with van der Waals surface area (Å²) in [7, 11) is 0. The van der Waals surface area contributed by atoms with E-state index in [0.29, 0.717) is 25.7 Å². The zero-order chi connectivity index (χ0) is 23.6. The molecule has 3 aliphatic heterocycles. The number of carbonyl (C=O) groups is 2. The lowest BCUT2D eigenvalue weighted by Gasteiger charge is -2.50. The van der Waals surface area contributed by atoms with Crippen LogP contribution in [-0.4, -0.2) is 77.9 Å². The number of ether oxygens (including phenoxy) is 2. The summed E-state index contributed by atoms with van der Waals surface area (Å²) < 4.78 is 10.9. The number of nitrogens with zero attached hydrogens (tertiary/aromatic N) is 3. The van der Waals surface area contributed by atoms with Crippen LogP contribution < -0.4 is 0 Å². The second kappa shape index (κ2) is 9.53. The van der Waals surface area contributed by atoms with Crippen LogP contribution in [0.5, 0.6) is 0 Å². The minimum Gasteiger partial charge on any atom is -0.450 e. The summed E-state index contributed by atoms with van der Waals surface area (Å²) in [5, 5.41) is 0. The van der Waals surface area contributed by atoms with Crippen molar-refractivity contribution in [2.45, 2.75) is 77.0 Å². The molecule has 0 radical (unpaired) electrons. The molecule has 7 heteroatoms. The van der Waals surface area contributed by atoms with Crippen LogP contribution in [0.4, 0.5) is 9.59 Å². The monoisotopic (exact) mass is 457 g/mol. The first kappa shape index (κ1) is 23.9. The highest BCUT2D eigenvalue weighted by Crippen LogP contribution is 2.43. The number of hydrogen-bond donors (Lipinski definition) is 0. The van der Waals surface area contributed by atoms with E-state index in [1.165, 1.54) is 11.1 Å². The van der Waals surface area contributed by atoms with Crippen molar-refractivity contribution in [1.82, 2.24) is 14.7 Å². The molecule has 33 heavy (non-hydrogen) atoms. The average molecular weight is 458 g/mol. The number of benzene rings is 1. The summed E-state index contributed by atoms with van der Waals surface area (Å²) in [6.45, 7) is 12.9. The van der Waals surface area contributed by atoms with E-state index >= 15 is 0 Å². The standard InChI is InChI=1S/C26H39N3O4/c1-5-32-23(30)28-14-10-21(11-15-28)27-16-12-26(13-17-27)19-29(24(31)33-25(2,3)4)18-20-8-6-7-9-22(20)26/h6-9,21H,5,10-19H2,1-4H3. The first-order valence-corrected chi connectivity index (χ1v) is 12.4. The highest BCUT2D eigenvalue weighted by Gasteiger charge is 2.45. The number of rotatable bonds is 2. The Hall–Kier alpha value is -2.28. The summed E-state index contributed by atoms with van der Waals surface area (Å²) in [4.78, 5) is 31.3. The Bertz CT molecular complexity index is 849. The van der Waals surface area contributed by atoms with Crippen LogP contribution in [0.3, 0.4) is 0 Å². The van der Waals surface area contributed by atoms with E-state index in [-0.39, 0.29) is 17.6 Å². The largest absolute Gasteiger partial charge is 0.450 e. The van der Waals surface area contributed by atoms with Crippen molar-refractivity contribution in [2.24, 2.45) is 0 Å². The molecule has 1 aromatic rings. The normalized spacial score (nSPS) is 21.6. The maximum absolute atomic E-state index is 12.9. The molecule has 2 amide bonds. The highest BCUT2D eigenvalue weighted by molar-refractivity contribution is 5.69. The Kier molecular flexibility index (Phi) is 6.89. The quantitative estimate of drug-likeness (QED) is 0.659. The first-order valence-electron chi connectivity index (χ1n) is 12.4. The topological polar surface area (TPSA) is 62.3 Å². The van der Waals surface area contributed by atoms with Crippen LogP contribution in [0.2, 0.25) is 0 Å². The van der Waals surface area contributed by atoms with Crippen LogP contribution >= 0.6 is 0 Å². The second-order valence-electron chi connectivity index (χ2n) is 10.7. The predicted molar refractivity (Wildman–Crippen MR) is 127 cm³/mol. The van der Waals surface area contributed by atoms with Gasteiger partial charge in [-0.3, -0.25) is 0 Å². The fraction of sp³-hybridized carbons (Fsp3) is 0.692. The van der Waals surface area contributed by atoms with E-state index in [1.54, 1.807) is 0 Å². The van der Waals surface area contributed by atoms with Crippen LogP contribution in [0.25, 0.3) is 0 Å². The lowest BCUT2D eigenvalue weighted by molar-refractivity contribution is 0.00596. The lowest BCUT2D eigenvalue weighted by atomic mass is 9.68. The number of likely N-dealkylation sites (tertiary alicyclic amines) is 2. The Morgan fingerprint density at radius 1 is 1.00 bits per heavy atom. The van der Waals surface area contributed by atoms with E-state index in [9.17, 15) is 9.59 Å². The van der Waals surface area contributed by atoms with Gasteiger partial charge >= 0.3 is 12.2 Å². The fourth-order valence-electron chi connectivity index (χ4n) is 5.72. The van der Waals surface area contributed by atoms with Gasteiger partial charge in [-0.15, -0.1) is 0 Å². The molecule has 0 unspecified atom stereocenters. The van der Waals surface area contributed by atoms with Gasteiger partial charge in [0.1, 0.15) is 5.60 Å². The zero-order valence-electron chi connectivity index (χ0n) is 20.6. The molecule has 0 N–H and O–H groups in total. The van der Waals surface area contributed by atoms with E-state index in [2.05, 4.69) is 29.2 Å². The summed E-state index contributed by atoms with van der Waals surface area (Å²) in [6.07, 6.45) is 3.64. The molecule has 4 rings (SSSR count). The van der Waals surface area contributed by atoms with Gasteiger partial charge in [-0.1, -0.05) is 24.3 Å². The van der Waals surface area contributed by atoms with Gasteiger partial charge in [0.25, 0.3) is 0 Å². The van der Waals surface area contributed by atoms with E-state index in [1.807, 2.05) is 37.5 Å². The number of amides is 2. The van der Waals surface area contributed by atoms with Gasteiger partial charge in [0.05, 0.1) is 6.61 Å². The van der Waals surface area contributed by atoms with Gasteiger partial charge in [-0.2, -0.15) is 0 Å². The Morgan fingerprint density at radius 2 is 1.67 bits per heavy atom. The smallest absolute Gasteiger partial charge is 0.410 e. The first-order chi connectivity index (χ1) is 15.7. The SMILES string of the molecule is CCOC(=O)N1CCC(N2CCC3(CC2)CN(C(=O)OC(C)(C)C)Cc2ccccc23)CC1. The van der Waals surface area contributed by atoms with Gasteiger partial charge in [-0.25, -0.2) is 9.59 Å². The lowest BCUT2D eigenvalue weighted by Crippen LogP contribution is -2.56. The molecule has 182 valence electrons. The average Bonchev–Trinajstić information content (AvgIpc) is 2.79. The fourth-order valence-corrected chi connectivity index (χ4v) is 5.72. The van der Waals surface area contributed by atoms with Crippen molar-refractivity contribution in [2.75, 3.05) is 39.3 Å².